The lowest BCUT2D eigenvalue weighted by atomic mass is 10.2. The van der Waals surface area contributed by atoms with Crippen molar-refractivity contribution in [3.63, 3.8) is 0 Å². The van der Waals surface area contributed by atoms with Crippen molar-refractivity contribution < 1.29 is 13.9 Å². The largest absolute Gasteiger partial charge is 0.488 e. The number of hydrogen-bond acceptors (Lipinski definition) is 3. The van der Waals surface area contributed by atoms with Crippen LogP contribution in [-0.2, 0) is 0 Å². The Hall–Kier alpha value is -2.43. The molecule has 2 rings (SSSR count). The van der Waals surface area contributed by atoms with Gasteiger partial charge in [0.1, 0.15) is 0 Å². The number of halogens is 1. The van der Waals surface area contributed by atoms with E-state index in [1.807, 2.05) is 13.8 Å². The minimum absolute atomic E-state index is 0.109. The molecule has 1 heterocycles. The van der Waals surface area contributed by atoms with Gasteiger partial charge in [-0.15, -0.1) is 0 Å². The maximum atomic E-state index is 13.8. The maximum Gasteiger partial charge on any atom is 0.255 e. The fraction of sp³-hybridized carbons (Fsp3) is 0.200. The van der Waals surface area contributed by atoms with E-state index in [1.165, 1.54) is 24.5 Å². The van der Waals surface area contributed by atoms with Crippen molar-refractivity contribution in [2.24, 2.45) is 0 Å². The van der Waals surface area contributed by atoms with Crippen molar-refractivity contribution in [2.45, 2.75) is 20.0 Å². The van der Waals surface area contributed by atoms with Gasteiger partial charge < -0.3 is 10.1 Å². The van der Waals surface area contributed by atoms with E-state index in [0.717, 1.165) is 0 Å². The van der Waals surface area contributed by atoms with E-state index in [0.29, 0.717) is 11.3 Å². The van der Waals surface area contributed by atoms with Gasteiger partial charge >= 0.3 is 0 Å². The molecule has 0 atom stereocenters. The van der Waals surface area contributed by atoms with Gasteiger partial charge in [-0.1, -0.05) is 0 Å². The van der Waals surface area contributed by atoms with Gasteiger partial charge in [-0.25, -0.2) is 4.39 Å². The summed E-state index contributed by atoms with van der Waals surface area (Å²) in [5.74, 6) is -0.655. The Bertz CT molecular complexity index is 600. The second-order valence-corrected chi connectivity index (χ2v) is 4.50. The standard InChI is InChI=1S/C15H15FN2O2/c1-10(2)20-14-4-3-12(9-13(14)16)18-15(19)11-5-7-17-8-6-11/h3-10H,1-2H3,(H,18,19). The highest BCUT2D eigenvalue weighted by Gasteiger charge is 2.09. The number of amides is 1. The third kappa shape index (κ3) is 3.54. The summed E-state index contributed by atoms with van der Waals surface area (Å²) in [6.07, 6.45) is 2.94. The maximum absolute atomic E-state index is 13.8. The van der Waals surface area contributed by atoms with Crippen LogP contribution in [0.3, 0.4) is 0 Å². The second kappa shape index (κ2) is 6.14. The average molecular weight is 274 g/mol. The first-order valence-electron chi connectivity index (χ1n) is 6.24. The van der Waals surface area contributed by atoms with Crippen LogP contribution in [0.2, 0.25) is 0 Å². The minimum Gasteiger partial charge on any atom is -0.488 e. The summed E-state index contributed by atoms with van der Waals surface area (Å²) in [6.45, 7) is 3.64. The Kier molecular flexibility index (Phi) is 4.30. The molecule has 20 heavy (non-hydrogen) atoms. The van der Waals surface area contributed by atoms with Gasteiger partial charge in [-0.2, -0.15) is 0 Å². The van der Waals surface area contributed by atoms with E-state index < -0.39 is 5.82 Å². The molecule has 0 aliphatic rings. The highest BCUT2D eigenvalue weighted by atomic mass is 19.1. The highest BCUT2D eigenvalue weighted by molar-refractivity contribution is 6.04. The number of anilines is 1. The van der Waals surface area contributed by atoms with Crippen molar-refractivity contribution in [3.05, 3.63) is 54.1 Å². The number of nitrogens with zero attached hydrogens (tertiary/aromatic N) is 1. The summed E-state index contributed by atoms with van der Waals surface area (Å²) in [7, 11) is 0. The summed E-state index contributed by atoms with van der Waals surface area (Å²) in [6, 6.07) is 7.50. The van der Waals surface area contributed by atoms with Crippen molar-refractivity contribution in [3.8, 4) is 5.75 Å². The van der Waals surface area contributed by atoms with Crippen LogP contribution in [0.1, 0.15) is 24.2 Å². The van der Waals surface area contributed by atoms with Gasteiger partial charge in [-0.3, -0.25) is 9.78 Å². The molecule has 5 heteroatoms. The number of rotatable bonds is 4. The summed E-state index contributed by atoms with van der Waals surface area (Å²) >= 11 is 0. The first-order chi connectivity index (χ1) is 9.56. The Morgan fingerprint density at radius 2 is 1.95 bits per heavy atom. The van der Waals surface area contributed by atoms with E-state index in [1.54, 1.807) is 18.2 Å². The zero-order valence-corrected chi connectivity index (χ0v) is 11.3. The molecule has 0 aliphatic heterocycles. The van der Waals surface area contributed by atoms with Crippen LogP contribution in [0.25, 0.3) is 0 Å². The van der Waals surface area contributed by atoms with E-state index in [4.69, 9.17) is 4.74 Å². The fourth-order valence-electron chi connectivity index (χ4n) is 1.63. The zero-order chi connectivity index (χ0) is 14.5. The Labute approximate surface area is 116 Å². The first-order valence-corrected chi connectivity index (χ1v) is 6.24. The van der Waals surface area contributed by atoms with Crippen LogP contribution in [0.5, 0.6) is 5.75 Å². The number of pyridine rings is 1. The predicted octanol–water partition coefficient (Wildman–Crippen LogP) is 3.26. The molecule has 1 amide bonds. The predicted molar refractivity (Wildman–Crippen MR) is 74.4 cm³/mol. The van der Waals surface area contributed by atoms with Gasteiger partial charge in [0.05, 0.1) is 6.10 Å². The van der Waals surface area contributed by atoms with Gasteiger partial charge in [0.15, 0.2) is 11.6 Å². The summed E-state index contributed by atoms with van der Waals surface area (Å²) < 4.78 is 19.1. The summed E-state index contributed by atoms with van der Waals surface area (Å²) in [4.78, 5) is 15.7. The van der Waals surface area contributed by atoms with Crippen LogP contribution in [0.4, 0.5) is 10.1 Å². The monoisotopic (exact) mass is 274 g/mol. The van der Waals surface area contributed by atoms with E-state index >= 15 is 0 Å². The van der Waals surface area contributed by atoms with Crippen molar-refractivity contribution >= 4 is 11.6 Å². The minimum atomic E-state index is -0.508. The zero-order valence-electron chi connectivity index (χ0n) is 11.3. The molecule has 104 valence electrons. The Morgan fingerprint density at radius 1 is 1.25 bits per heavy atom. The van der Waals surface area contributed by atoms with Crippen LogP contribution < -0.4 is 10.1 Å². The lowest BCUT2D eigenvalue weighted by Gasteiger charge is -2.12. The molecule has 0 spiro atoms. The van der Waals surface area contributed by atoms with Crippen LogP contribution in [-0.4, -0.2) is 17.0 Å². The van der Waals surface area contributed by atoms with Gasteiger partial charge in [0, 0.05) is 29.7 Å². The molecule has 2 aromatic rings. The van der Waals surface area contributed by atoms with Crippen molar-refractivity contribution in [1.82, 2.24) is 4.98 Å². The van der Waals surface area contributed by atoms with Crippen LogP contribution in [0, 0.1) is 5.82 Å². The number of nitrogens with one attached hydrogen (secondary N) is 1. The molecule has 0 aliphatic carbocycles. The van der Waals surface area contributed by atoms with Gasteiger partial charge in [0.25, 0.3) is 5.91 Å². The fourth-order valence-corrected chi connectivity index (χ4v) is 1.63. The number of benzene rings is 1. The average Bonchev–Trinajstić information content (AvgIpc) is 2.42. The molecule has 1 N–H and O–H groups in total. The molecule has 0 radical (unpaired) electrons. The molecule has 0 fully saturated rings. The normalized spacial score (nSPS) is 10.4. The van der Waals surface area contributed by atoms with Crippen LogP contribution >= 0.6 is 0 Å². The van der Waals surface area contributed by atoms with Crippen molar-refractivity contribution in [2.75, 3.05) is 5.32 Å². The number of carbonyl (C=O) groups is 1. The quantitative estimate of drug-likeness (QED) is 0.931. The smallest absolute Gasteiger partial charge is 0.255 e. The van der Waals surface area contributed by atoms with E-state index in [9.17, 15) is 9.18 Å². The Morgan fingerprint density at radius 3 is 2.55 bits per heavy atom. The molecule has 0 bridgehead atoms. The highest BCUT2D eigenvalue weighted by Crippen LogP contribution is 2.22. The summed E-state index contributed by atoms with van der Waals surface area (Å²) in [5.41, 5.74) is 0.836. The second-order valence-electron chi connectivity index (χ2n) is 4.50. The molecule has 0 unspecified atom stereocenters. The first kappa shape index (κ1) is 14.0. The molecule has 0 saturated heterocycles. The molecule has 1 aromatic carbocycles. The molecular weight excluding hydrogens is 259 g/mol. The SMILES string of the molecule is CC(C)Oc1ccc(NC(=O)c2ccncc2)cc1F. The molecule has 1 aromatic heterocycles. The number of ether oxygens (including phenoxy) is 1. The van der Waals surface area contributed by atoms with Crippen LogP contribution in [0.15, 0.2) is 42.7 Å². The van der Waals surface area contributed by atoms with Gasteiger partial charge in [-0.05, 0) is 38.1 Å². The van der Waals surface area contributed by atoms with E-state index in [2.05, 4.69) is 10.3 Å². The van der Waals surface area contributed by atoms with E-state index in [-0.39, 0.29) is 17.8 Å². The third-order valence-electron chi connectivity index (χ3n) is 2.49. The molecule has 0 saturated carbocycles. The molecular formula is C15H15FN2O2. The topological polar surface area (TPSA) is 51.2 Å². The lowest BCUT2D eigenvalue weighted by Crippen LogP contribution is -2.12. The molecule has 4 nitrogen and oxygen atoms in total. The lowest BCUT2D eigenvalue weighted by molar-refractivity contribution is 0.102. The third-order valence-corrected chi connectivity index (χ3v) is 2.49. The summed E-state index contributed by atoms with van der Waals surface area (Å²) in [5, 5.41) is 2.62. The number of carbonyl (C=O) groups excluding carboxylic acids is 1. The van der Waals surface area contributed by atoms with Gasteiger partial charge in [0.2, 0.25) is 0 Å². The van der Waals surface area contributed by atoms with Crippen molar-refractivity contribution in [1.29, 1.82) is 0 Å². The number of hydrogen-bond donors (Lipinski definition) is 1. The number of aromatic nitrogens is 1. The Balaban J connectivity index is 2.11.